The summed E-state index contributed by atoms with van der Waals surface area (Å²) >= 11 is 4.58. The van der Waals surface area contributed by atoms with Crippen LogP contribution in [0.4, 0.5) is 0 Å². The van der Waals surface area contributed by atoms with Gasteiger partial charge in [-0.15, -0.1) is 0 Å². The molecular formula is C10H20OS. The summed E-state index contributed by atoms with van der Waals surface area (Å²) in [5.41, 5.74) is 0. The van der Waals surface area contributed by atoms with E-state index >= 15 is 0 Å². The Morgan fingerprint density at radius 1 is 1.42 bits per heavy atom. The van der Waals surface area contributed by atoms with Crippen LogP contribution in [0.3, 0.4) is 0 Å². The van der Waals surface area contributed by atoms with Crippen molar-refractivity contribution in [1.29, 1.82) is 0 Å². The van der Waals surface area contributed by atoms with Crippen molar-refractivity contribution in [3.8, 4) is 0 Å². The second kappa shape index (κ2) is 4.52. The molecule has 0 aromatic carbocycles. The first kappa shape index (κ1) is 10.4. The van der Waals surface area contributed by atoms with E-state index in [4.69, 9.17) is 4.74 Å². The van der Waals surface area contributed by atoms with Gasteiger partial charge in [0.1, 0.15) is 0 Å². The fourth-order valence-electron chi connectivity index (χ4n) is 1.67. The SMILES string of the molecule is CC1CCOC(C(S)C(C)C)C1. The monoisotopic (exact) mass is 188 g/mol. The molecule has 3 atom stereocenters. The van der Waals surface area contributed by atoms with Crippen LogP contribution in [0, 0.1) is 11.8 Å². The minimum absolute atomic E-state index is 0.386. The summed E-state index contributed by atoms with van der Waals surface area (Å²) in [6.45, 7) is 7.65. The maximum atomic E-state index is 5.70. The van der Waals surface area contributed by atoms with E-state index in [1.807, 2.05) is 0 Å². The van der Waals surface area contributed by atoms with Crippen molar-refractivity contribution in [2.75, 3.05) is 6.61 Å². The molecule has 72 valence electrons. The normalized spacial score (nSPS) is 33.8. The van der Waals surface area contributed by atoms with Crippen molar-refractivity contribution in [2.24, 2.45) is 11.8 Å². The molecule has 1 rings (SSSR count). The van der Waals surface area contributed by atoms with E-state index in [2.05, 4.69) is 33.4 Å². The van der Waals surface area contributed by atoms with Crippen LogP contribution in [0.1, 0.15) is 33.6 Å². The molecule has 1 nitrogen and oxygen atoms in total. The van der Waals surface area contributed by atoms with Crippen molar-refractivity contribution in [2.45, 2.75) is 45.0 Å². The third kappa shape index (κ3) is 2.67. The smallest absolute Gasteiger partial charge is 0.0696 e. The van der Waals surface area contributed by atoms with Gasteiger partial charge in [0.05, 0.1) is 6.10 Å². The van der Waals surface area contributed by atoms with E-state index in [0.29, 0.717) is 17.3 Å². The Hall–Kier alpha value is 0.310. The molecule has 1 aliphatic rings. The van der Waals surface area contributed by atoms with Gasteiger partial charge in [-0.3, -0.25) is 0 Å². The topological polar surface area (TPSA) is 9.23 Å². The molecule has 0 N–H and O–H groups in total. The third-order valence-corrected chi connectivity index (χ3v) is 3.57. The first-order valence-electron chi connectivity index (χ1n) is 4.91. The van der Waals surface area contributed by atoms with Crippen LogP contribution >= 0.6 is 12.6 Å². The Morgan fingerprint density at radius 3 is 2.58 bits per heavy atom. The van der Waals surface area contributed by atoms with Crippen LogP contribution in [0.5, 0.6) is 0 Å². The maximum absolute atomic E-state index is 5.70. The van der Waals surface area contributed by atoms with Crippen LogP contribution in [0.2, 0.25) is 0 Å². The molecule has 0 amide bonds. The molecule has 12 heavy (non-hydrogen) atoms. The summed E-state index contributed by atoms with van der Waals surface area (Å²) in [7, 11) is 0. The van der Waals surface area contributed by atoms with E-state index in [0.717, 1.165) is 12.5 Å². The van der Waals surface area contributed by atoms with Crippen LogP contribution < -0.4 is 0 Å². The van der Waals surface area contributed by atoms with Gasteiger partial charge in [-0.25, -0.2) is 0 Å². The predicted octanol–water partition coefficient (Wildman–Crippen LogP) is 2.76. The second-order valence-corrected chi connectivity index (χ2v) is 4.87. The lowest BCUT2D eigenvalue weighted by molar-refractivity contribution is -0.0111. The van der Waals surface area contributed by atoms with E-state index < -0.39 is 0 Å². The van der Waals surface area contributed by atoms with Gasteiger partial charge < -0.3 is 4.74 Å². The Morgan fingerprint density at radius 2 is 2.08 bits per heavy atom. The first-order chi connectivity index (χ1) is 5.61. The molecule has 0 radical (unpaired) electrons. The van der Waals surface area contributed by atoms with E-state index in [1.165, 1.54) is 12.8 Å². The lowest BCUT2D eigenvalue weighted by atomic mass is 9.92. The zero-order chi connectivity index (χ0) is 9.14. The standard InChI is InChI=1S/C10H20OS/c1-7(2)10(12)9-6-8(3)4-5-11-9/h7-10,12H,4-6H2,1-3H3. The average molecular weight is 188 g/mol. The fraction of sp³-hybridized carbons (Fsp3) is 1.00. The summed E-state index contributed by atoms with van der Waals surface area (Å²) in [6.07, 6.45) is 2.79. The van der Waals surface area contributed by atoms with Gasteiger partial charge in [-0.1, -0.05) is 20.8 Å². The molecule has 1 fully saturated rings. The molecular weight excluding hydrogens is 168 g/mol. The van der Waals surface area contributed by atoms with Gasteiger partial charge in [-0.05, 0) is 24.7 Å². The quantitative estimate of drug-likeness (QED) is 0.656. The van der Waals surface area contributed by atoms with Gasteiger partial charge in [0.2, 0.25) is 0 Å². The van der Waals surface area contributed by atoms with E-state index in [9.17, 15) is 0 Å². The largest absolute Gasteiger partial charge is 0.377 e. The number of ether oxygens (including phenoxy) is 1. The van der Waals surface area contributed by atoms with Gasteiger partial charge in [0, 0.05) is 11.9 Å². The molecule has 3 unspecified atom stereocenters. The summed E-state index contributed by atoms with van der Waals surface area (Å²) in [5, 5.41) is 0.410. The second-order valence-electron chi connectivity index (χ2n) is 4.27. The van der Waals surface area contributed by atoms with Crippen LogP contribution in [-0.2, 0) is 4.74 Å². The van der Waals surface area contributed by atoms with Crippen LogP contribution in [0.25, 0.3) is 0 Å². The minimum atomic E-state index is 0.386. The Bertz CT molecular complexity index is 136. The van der Waals surface area contributed by atoms with Crippen LogP contribution in [-0.4, -0.2) is 18.0 Å². The van der Waals surface area contributed by atoms with Crippen molar-refractivity contribution in [3.63, 3.8) is 0 Å². The zero-order valence-electron chi connectivity index (χ0n) is 8.29. The van der Waals surface area contributed by atoms with E-state index in [1.54, 1.807) is 0 Å². The van der Waals surface area contributed by atoms with Crippen molar-refractivity contribution in [1.82, 2.24) is 0 Å². The molecule has 0 aromatic heterocycles. The molecule has 2 heteroatoms. The average Bonchev–Trinajstić information content (AvgIpc) is 2.03. The summed E-state index contributed by atoms with van der Waals surface area (Å²) in [5.74, 6) is 1.43. The Labute approximate surface area is 81.3 Å². The maximum Gasteiger partial charge on any atom is 0.0696 e. The minimum Gasteiger partial charge on any atom is -0.377 e. The van der Waals surface area contributed by atoms with Crippen molar-refractivity contribution < 1.29 is 4.74 Å². The molecule has 0 aromatic rings. The molecule has 1 saturated heterocycles. The highest BCUT2D eigenvalue weighted by atomic mass is 32.1. The summed E-state index contributed by atoms with van der Waals surface area (Å²) < 4.78 is 5.70. The molecule has 0 saturated carbocycles. The molecule has 0 bridgehead atoms. The molecule has 0 aliphatic carbocycles. The van der Waals surface area contributed by atoms with Crippen molar-refractivity contribution in [3.05, 3.63) is 0 Å². The molecule has 0 spiro atoms. The summed E-state index contributed by atoms with van der Waals surface area (Å²) in [4.78, 5) is 0. The first-order valence-corrected chi connectivity index (χ1v) is 5.42. The lowest BCUT2D eigenvalue weighted by Crippen LogP contribution is -2.34. The highest BCUT2D eigenvalue weighted by Gasteiger charge is 2.26. The van der Waals surface area contributed by atoms with Gasteiger partial charge >= 0.3 is 0 Å². The Kier molecular flexibility index (Phi) is 3.91. The third-order valence-electron chi connectivity index (χ3n) is 2.64. The highest BCUT2D eigenvalue weighted by molar-refractivity contribution is 7.81. The van der Waals surface area contributed by atoms with Gasteiger partial charge in [0.15, 0.2) is 0 Å². The molecule has 1 heterocycles. The number of thiol groups is 1. The number of hydrogen-bond acceptors (Lipinski definition) is 2. The van der Waals surface area contributed by atoms with Gasteiger partial charge in [0.25, 0.3) is 0 Å². The molecule has 1 aliphatic heterocycles. The zero-order valence-corrected chi connectivity index (χ0v) is 9.18. The van der Waals surface area contributed by atoms with E-state index in [-0.39, 0.29) is 0 Å². The summed E-state index contributed by atoms with van der Waals surface area (Å²) in [6, 6.07) is 0. The van der Waals surface area contributed by atoms with Crippen molar-refractivity contribution >= 4 is 12.6 Å². The number of rotatable bonds is 2. The Balaban J connectivity index is 2.40. The number of hydrogen-bond donors (Lipinski definition) is 1. The van der Waals surface area contributed by atoms with Crippen LogP contribution in [0.15, 0.2) is 0 Å². The fourth-order valence-corrected chi connectivity index (χ4v) is 1.88. The predicted molar refractivity (Wildman–Crippen MR) is 55.8 cm³/mol. The highest BCUT2D eigenvalue weighted by Crippen LogP contribution is 2.27. The lowest BCUT2D eigenvalue weighted by Gasteiger charge is -2.32. The van der Waals surface area contributed by atoms with Gasteiger partial charge in [-0.2, -0.15) is 12.6 Å².